The minimum Gasteiger partial charge on any atom is -0.390 e. The van der Waals surface area contributed by atoms with Gasteiger partial charge in [-0.2, -0.15) is 0 Å². The van der Waals surface area contributed by atoms with Crippen molar-refractivity contribution in [2.24, 2.45) is 5.73 Å². The quantitative estimate of drug-likeness (QED) is 0.706. The predicted molar refractivity (Wildman–Crippen MR) is 86.0 cm³/mol. The maximum Gasteiger partial charge on any atom is 0.0802 e. The zero-order valence-corrected chi connectivity index (χ0v) is 12.9. The minimum absolute atomic E-state index is 0.476. The Labute approximate surface area is 128 Å². The Bertz CT molecular complexity index is 425. The second kappa shape index (κ2) is 7.92. The van der Waals surface area contributed by atoms with E-state index in [0.29, 0.717) is 13.0 Å². The van der Waals surface area contributed by atoms with Crippen molar-refractivity contribution in [2.45, 2.75) is 69.5 Å². The first-order valence-corrected chi connectivity index (χ1v) is 8.32. The number of aliphatic hydroxyl groups is 2. The van der Waals surface area contributed by atoms with E-state index in [0.717, 1.165) is 44.1 Å². The van der Waals surface area contributed by atoms with Crippen molar-refractivity contribution in [2.75, 3.05) is 6.54 Å². The summed E-state index contributed by atoms with van der Waals surface area (Å²) in [6.45, 7) is 0.491. The molecule has 2 rings (SSSR count). The number of benzene rings is 1. The Morgan fingerprint density at radius 2 is 1.86 bits per heavy atom. The molecule has 0 amide bonds. The van der Waals surface area contributed by atoms with Gasteiger partial charge in [0.25, 0.3) is 0 Å². The van der Waals surface area contributed by atoms with E-state index < -0.39 is 11.7 Å². The fourth-order valence-corrected chi connectivity index (χ4v) is 3.29. The summed E-state index contributed by atoms with van der Waals surface area (Å²) in [5, 5.41) is 20.7. The highest BCUT2D eigenvalue weighted by atomic mass is 16.3. The predicted octanol–water partition coefficient (Wildman–Crippen LogP) is 3.09. The molecule has 118 valence electrons. The van der Waals surface area contributed by atoms with Gasteiger partial charge in [-0.15, -0.1) is 0 Å². The zero-order valence-electron chi connectivity index (χ0n) is 12.9. The van der Waals surface area contributed by atoms with Crippen LogP contribution in [0.15, 0.2) is 24.3 Å². The van der Waals surface area contributed by atoms with Gasteiger partial charge in [0, 0.05) is 0 Å². The molecule has 1 aliphatic carbocycles. The molecular formula is C18H29NO2. The summed E-state index contributed by atoms with van der Waals surface area (Å²) in [6, 6.07) is 8.07. The van der Waals surface area contributed by atoms with Crippen molar-refractivity contribution in [1.29, 1.82) is 0 Å². The monoisotopic (exact) mass is 291 g/mol. The number of aliphatic hydroxyl groups excluding tert-OH is 1. The van der Waals surface area contributed by atoms with Gasteiger partial charge in [-0.1, -0.05) is 49.9 Å². The Hall–Kier alpha value is -0.900. The average molecular weight is 291 g/mol. The molecule has 1 atom stereocenters. The van der Waals surface area contributed by atoms with Crippen LogP contribution in [-0.2, 0) is 6.42 Å². The molecule has 3 heteroatoms. The molecule has 21 heavy (non-hydrogen) atoms. The number of nitrogens with two attached hydrogens (primary N) is 1. The Kier molecular flexibility index (Phi) is 6.22. The molecule has 1 unspecified atom stereocenters. The van der Waals surface area contributed by atoms with Gasteiger partial charge >= 0.3 is 0 Å². The van der Waals surface area contributed by atoms with Crippen LogP contribution in [0.5, 0.6) is 0 Å². The molecule has 1 aliphatic rings. The fourth-order valence-electron chi connectivity index (χ4n) is 3.29. The van der Waals surface area contributed by atoms with Crippen molar-refractivity contribution in [3.63, 3.8) is 0 Å². The zero-order chi connectivity index (χ0) is 15.1. The molecule has 1 aromatic carbocycles. The molecule has 1 fully saturated rings. The maximum absolute atomic E-state index is 10.7. The molecule has 4 N–H and O–H groups in total. The number of hydrogen-bond acceptors (Lipinski definition) is 3. The van der Waals surface area contributed by atoms with Crippen LogP contribution in [-0.4, -0.2) is 22.4 Å². The molecule has 0 radical (unpaired) electrons. The van der Waals surface area contributed by atoms with Crippen LogP contribution in [0.2, 0.25) is 0 Å². The summed E-state index contributed by atoms with van der Waals surface area (Å²) in [6.07, 6.45) is 8.47. The van der Waals surface area contributed by atoms with Gasteiger partial charge < -0.3 is 15.9 Å². The highest BCUT2D eigenvalue weighted by Crippen LogP contribution is 2.31. The maximum atomic E-state index is 10.7. The third kappa shape index (κ3) is 5.10. The van der Waals surface area contributed by atoms with Crippen LogP contribution in [0.1, 0.15) is 68.6 Å². The summed E-state index contributed by atoms with van der Waals surface area (Å²) in [5.74, 6) is 0. The molecule has 1 saturated carbocycles. The molecule has 0 bridgehead atoms. The van der Waals surface area contributed by atoms with E-state index >= 15 is 0 Å². The Balaban J connectivity index is 1.94. The minimum atomic E-state index is -0.484. The number of aryl methyl sites for hydroxylation is 1. The van der Waals surface area contributed by atoms with Gasteiger partial charge in [-0.25, -0.2) is 0 Å². The summed E-state index contributed by atoms with van der Waals surface area (Å²) >= 11 is 0. The second-order valence-corrected chi connectivity index (χ2v) is 6.48. The highest BCUT2D eigenvalue weighted by molar-refractivity contribution is 5.25. The second-order valence-electron chi connectivity index (χ2n) is 6.48. The first kappa shape index (κ1) is 16.5. The molecule has 0 spiro atoms. The van der Waals surface area contributed by atoms with Crippen LogP contribution >= 0.6 is 0 Å². The molecule has 0 saturated heterocycles. The van der Waals surface area contributed by atoms with Crippen molar-refractivity contribution in [1.82, 2.24) is 0 Å². The standard InChI is InChI=1S/C18H29NO2/c19-13-9-17(20)16-7-5-6-15(14-16)8-12-18(21)10-3-1-2-4-11-18/h5-7,14,17,20-21H,1-4,8-13,19H2. The molecule has 0 aliphatic heterocycles. The van der Waals surface area contributed by atoms with E-state index in [4.69, 9.17) is 5.73 Å². The lowest BCUT2D eigenvalue weighted by Gasteiger charge is -2.26. The van der Waals surface area contributed by atoms with Crippen LogP contribution in [0.3, 0.4) is 0 Å². The normalized spacial score (nSPS) is 20.0. The van der Waals surface area contributed by atoms with Crippen LogP contribution in [0.4, 0.5) is 0 Å². The van der Waals surface area contributed by atoms with Gasteiger partial charge in [0.05, 0.1) is 11.7 Å². The van der Waals surface area contributed by atoms with Gasteiger partial charge in [0.1, 0.15) is 0 Å². The largest absolute Gasteiger partial charge is 0.390 e. The lowest BCUT2D eigenvalue weighted by molar-refractivity contribution is 0.0167. The molecule has 3 nitrogen and oxygen atoms in total. The Morgan fingerprint density at radius 3 is 2.52 bits per heavy atom. The third-order valence-corrected chi connectivity index (χ3v) is 4.69. The van der Waals surface area contributed by atoms with Crippen LogP contribution in [0.25, 0.3) is 0 Å². The summed E-state index contributed by atoms with van der Waals surface area (Å²) in [5.41, 5.74) is 7.15. The van der Waals surface area contributed by atoms with Gasteiger partial charge in [0.2, 0.25) is 0 Å². The van der Waals surface area contributed by atoms with Crippen molar-refractivity contribution < 1.29 is 10.2 Å². The number of rotatable bonds is 6. The fraction of sp³-hybridized carbons (Fsp3) is 0.667. The smallest absolute Gasteiger partial charge is 0.0802 e. The van der Waals surface area contributed by atoms with E-state index in [9.17, 15) is 10.2 Å². The first-order chi connectivity index (χ1) is 10.1. The summed E-state index contributed by atoms with van der Waals surface area (Å²) in [4.78, 5) is 0. The van der Waals surface area contributed by atoms with Crippen molar-refractivity contribution in [3.8, 4) is 0 Å². The van der Waals surface area contributed by atoms with E-state index in [2.05, 4.69) is 12.1 Å². The van der Waals surface area contributed by atoms with E-state index in [1.54, 1.807) is 0 Å². The van der Waals surface area contributed by atoms with Crippen molar-refractivity contribution in [3.05, 3.63) is 35.4 Å². The van der Waals surface area contributed by atoms with Gasteiger partial charge in [-0.05, 0) is 49.8 Å². The number of hydrogen-bond donors (Lipinski definition) is 3. The van der Waals surface area contributed by atoms with E-state index in [-0.39, 0.29) is 0 Å². The van der Waals surface area contributed by atoms with Crippen molar-refractivity contribution >= 4 is 0 Å². The first-order valence-electron chi connectivity index (χ1n) is 8.32. The van der Waals surface area contributed by atoms with Crippen LogP contribution < -0.4 is 5.73 Å². The van der Waals surface area contributed by atoms with Gasteiger partial charge in [0.15, 0.2) is 0 Å². The lowest BCUT2D eigenvalue weighted by Crippen LogP contribution is -2.28. The average Bonchev–Trinajstić information content (AvgIpc) is 2.71. The lowest BCUT2D eigenvalue weighted by atomic mass is 9.87. The summed E-state index contributed by atoms with van der Waals surface area (Å²) < 4.78 is 0. The molecule has 0 heterocycles. The van der Waals surface area contributed by atoms with E-state index in [1.807, 2.05) is 12.1 Å². The molecular weight excluding hydrogens is 262 g/mol. The molecule has 0 aromatic heterocycles. The van der Waals surface area contributed by atoms with Crippen LogP contribution in [0, 0.1) is 0 Å². The Morgan fingerprint density at radius 1 is 1.14 bits per heavy atom. The summed E-state index contributed by atoms with van der Waals surface area (Å²) in [7, 11) is 0. The topological polar surface area (TPSA) is 66.5 Å². The van der Waals surface area contributed by atoms with E-state index in [1.165, 1.54) is 18.4 Å². The highest BCUT2D eigenvalue weighted by Gasteiger charge is 2.27. The van der Waals surface area contributed by atoms with Gasteiger partial charge in [-0.3, -0.25) is 0 Å². The third-order valence-electron chi connectivity index (χ3n) is 4.69. The molecule has 1 aromatic rings. The SMILES string of the molecule is NCCC(O)c1cccc(CCC2(O)CCCCCC2)c1.